The normalized spacial score (nSPS) is 12.2. The van der Waals surface area contributed by atoms with Gasteiger partial charge in [0.2, 0.25) is 5.91 Å². The fourth-order valence-electron chi connectivity index (χ4n) is 2.50. The minimum absolute atomic E-state index is 0.0667. The molecule has 11 heteroatoms. The number of nitrogens with one attached hydrogen (secondary N) is 3. The maximum absolute atomic E-state index is 12.8. The second kappa shape index (κ2) is 8.96. The second-order valence-electron chi connectivity index (χ2n) is 7.95. The van der Waals surface area contributed by atoms with Crippen LogP contribution in [0.15, 0.2) is 53.4 Å². The first-order valence-corrected chi connectivity index (χ1v) is 10.5. The van der Waals surface area contributed by atoms with Gasteiger partial charge in [0.15, 0.2) is 0 Å². The Balaban J connectivity index is 2.15. The topological polar surface area (TPSA) is 104 Å². The van der Waals surface area contributed by atoms with Crippen molar-refractivity contribution in [3.05, 3.63) is 59.7 Å². The van der Waals surface area contributed by atoms with E-state index in [0.29, 0.717) is 6.07 Å². The summed E-state index contributed by atoms with van der Waals surface area (Å²) < 4.78 is 65.7. The highest BCUT2D eigenvalue weighted by atomic mass is 32.2. The van der Waals surface area contributed by atoms with E-state index in [9.17, 15) is 31.2 Å². The number of benzene rings is 2. The zero-order valence-electron chi connectivity index (χ0n) is 17.0. The van der Waals surface area contributed by atoms with E-state index in [2.05, 4.69) is 15.6 Å². The molecule has 0 spiro atoms. The quantitative estimate of drug-likeness (QED) is 0.596. The molecule has 31 heavy (non-hydrogen) atoms. The van der Waals surface area contributed by atoms with Crippen LogP contribution in [0.1, 0.15) is 43.1 Å². The lowest BCUT2D eigenvalue weighted by Gasteiger charge is -2.17. The van der Waals surface area contributed by atoms with Crippen molar-refractivity contribution >= 4 is 27.5 Å². The van der Waals surface area contributed by atoms with Gasteiger partial charge in [-0.1, -0.05) is 32.9 Å². The number of hydrazine groups is 1. The SMILES string of the molecule is CC(C)(C)CC(=O)NNC(=O)c1cccc(S(=O)(=O)Nc2cccc(C(F)(F)F)c2)c1. The predicted molar refractivity (Wildman–Crippen MR) is 108 cm³/mol. The molecule has 0 fully saturated rings. The fourth-order valence-corrected chi connectivity index (χ4v) is 3.60. The van der Waals surface area contributed by atoms with E-state index in [0.717, 1.165) is 18.2 Å². The van der Waals surface area contributed by atoms with Gasteiger partial charge in [-0.05, 0) is 41.8 Å². The summed E-state index contributed by atoms with van der Waals surface area (Å²) in [5.41, 5.74) is 2.79. The molecule has 0 heterocycles. The lowest BCUT2D eigenvalue weighted by molar-refractivity contribution is -0.137. The number of amides is 2. The summed E-state index contributed by atoms with van der Waals surface area (Å²) >= 11 is 0. The van der Waals surface area contributed by atoms with Gasteiger partial charge in [0.25, 0.3) is 15.9 Å². The third kappa shape index (κ3) is 7.28. The average Bonchev–Trinajstić information content (AvgIpc) is 2.64. The molecule has 3 N–H and O–H groups in total. The summed E-state index contributed by atoms with van der Waals surface area (Å²) in [6, 6.07) is 8.59. The van der Waals surface area contributed by atoms with Gasteiger partial charge in [0.1, 0.15) is 0 Å². The lowest BCUT2D eigenvalue weighted by atomic mass is 9.92. The van der Waals surface area contributed by atoms with Crippen LogP contribution in [-0.4, -0.2) is 20.2 Å². The highest BCUT2D eigenvalue weighted by Crippen LogP contribution is 2.31. The van der Waals surface area contributed by atoms with Crippen LogP contribution < -0.4 is 15.6 Å². The van der Waals surface area contributed by atoms with Crippen molar-refractivity contribution in [2.24, 2.45) is 5.41 Å². The molecule has 0 bridgehead atoms. The van der Waals surface area contributed by atoms with Gasteiger partial charge in [0, 0.05) is 17.7 Å². The number of halogens is 3. The molecule has 2 amide bonds. The molecule has 0 aliphatic heterocycles. The van der Waals surface area contributed by atoms with Crippen molar-refractivity contribution in [1.29, 1.82) is 0 Å². The van der Waals surface area contributed by atoms with E-state index in [1.165, 1.54) is 24.3 Å². The van der Waals surface area contributed by atoms with E-state index < -0.39 is 33.6 Å². The van der Waals surface area contributed by atoms with Crippen LogP contribution in [-0.2, 0) is 21.0 Å². The number of anilines is 1. The van der Waals surface area contributed by atoms with Crippen molar-refractivity contribution in [2.75, 3.05) is 4.72 Å². The number of sulfonamides is 1. The minimum atomic E-state index is -4.63. The minimum Gasteiger partial charge on any atom is -0.280 e. The molecule has 0 saturated carbocycles. The largest absolute Gasteiger partial charge is 0.416 e. The third-order valence-electron chi connectivity index (χ3n) is 3.85. The molecule has 7 nitrogen and oxygen atoms in total. The molecule has 2 rings (SSSR count). The Bertz CT molecular complexity index is 1080. The van der Waals surface area contributed by atoms with E-state index in [1.807, 2.05) is 20.8 Å². The third-order valence-corrected chi connectivity index (χ3v) is 5.23. The Morgan fingerprint density at radius 1 is 0.935 bits per heavy atom. The predicted octanol–water partition coefficient (Wildman–Crippen LogP) is 3.70. The Morgan fingerprint density at radius 2 is 1.58 bits per heavy atom. The Morgan fingerprint density at radius 3 is 2.19 bits per heavy atom. The van der Waals surface area contributed by atoms with Crippen LogP contribution in [0.2, 0.25) is 0 Å². The van der Waals surface area contributed by atoms with Gasteiger partial charge in [-0.2, -0.15) is 13.2 Å². The summed E-state index contributed by atoms with van der Waals surface area (Å²) in [6.07, 6.45) is -4.47. The number of carbonyl (C=O) groups is 2. The molecule has 2 aromatic carbocycles. The Kier molecular flexibility index (Phi) is 6.99. The van der Waals surface area contributed by atoms with Crippen molar-refractivity contribution in [1.82, 2.24) is 10.9 Å². The van der Waals surface area contributed by atoms with Crippen LogP contribution in [0.3, 0.4) is 0 Å². The monoisotopic (exact) mass is 457 g/mol. The number of hydrogen-bond acceptors (Lipinski definition) is 4. The first kappa shape index (κ1) is 24.2. The number of carbonyl (C=O) groups excluding carboxylic acids is 2. The molecule has 0 aromatic heterocycles. The highest BCUT2D eigenvalue weighted by molar-refractivity contribution is 7.92. The van der Waals surface area contributed by atoms with Crippen molar-refractivity contribution in [2.45, 2.75) is 38.3 Å². The van der Waals surface area contributed by atoms with Crippen LogP contribution in [0.5, 0.6) is 0 Å². The lowest BCUT2D eigenvalue weighted by Crippen LogP contribution is -2.42. The number of hydrogen-bond donors (Lipinski definition) is 3. The number of alkyl halides is 3. The smallest absolute Gasteiger partial charge is 0.280 e. The standard InChI is InChI=1S/C20H22F3N3O4S/c1-19(2,3)12-17(27)24-25-18(28)13-6-4-9-16(10-13)31(29,30)26-15-8-5-7-14(11-15)20(21,22)23/h4-11,26H,12H2,1-3H3,(H,24,27)(H,25,28). The maximum atomic E-state index is 12.8. The molecule has 0 radical (unpaired) electrons. The van der Waals surface area contributed by atoms with Gasteiger partial charge in [-0.25, -0.2) is 8.42 Å². The van der Waals surface area contributed by atoms with Crippen LogP contribution in [0.4, 0.5) is 18.9 Å². The first-order valence-electron chi connectivity index (χ1n) is 9.07. The van der Waals surface area contributed by atoms with Crippen molar-refractivity contribution in [3.8, 4) is 0 Å². The Labute approximate surface area is 178 Å². The molecular weight excluding hydrogens is 435 g/mol. The van der Waals surface area contributed by atoms with Crippen LogP contribution >= 0.6 is 0 Å². The maximum Gasteiger partial charge on any atom is 0.416 e. The highest BCUT2D eigenvalue weighted by Gasteiger charge is 2.30. The molecule has 0 atom stereocenters. The van der Waals surface area contributed by atoms with E-state index >= 15 is 0 Å². The van der Waals surface area contributed by atoms with Gasteiger partial charge in [-0.15, -0.1) is 0 Å². The molecule has 0 saturated heterocycles. The Hall–Kier alpha value is -3.08. The first-order chi connectivity index (χ1) is 14.2. The molecule has 168 valence electrons. The molecular formula is C20H22F3N3O4S. The van der Waals surface area contributed by atoms with Gasteiger partial charge in [-0.3, -0.25) is 25.2 Å². The molecule has 2 aromatic rings. The zero-order chi connectivity index (χ0) is 23.4. The summed E-state index contributed by atoms with van der Waals surface area (Å²) in [5.74, 6) is -1.17. The summed E-state index contributed by atoms with van der Waals surface area (Å²) in [6.45, 7) is 5.54. The van der Waals surface area contributed by atoms with E-state index in [1.54, 1.807) is 0 Å². The average molecular weight is 457 g/mol. The van der Waals surface area contributed by atoms with Crippen molar-refractivity contribution in [3.63, 3.8) is 0 Å². The summed E-state index contributed by atoms with van der Waals surface area (Å²) in [5, 5.41) is 0. The number of rotatable bonds is 5. The summed E-state index contributed by atoms with van der Waals surface area (Å²) in [4.78, 5) is 23.7. The van der Waals surface area contributed by atoms with E-state index in [4.69, 9.17) is 0 Å². The van der Waals surface area contributed by atoms with E-state index in [-0.39, 0.29) is 28.0 Å². The fraction of sp³-hybridized carbons (Fsp3) is 0.300. The zero-order valence-corrected chi connectivity index (χ0v) is 17.8. The van der Waals surface area contributed by atoms with Crippen molar-refractivity contribution < 1.29 is 31.2 Å². The molecule has 0 unspecified atom stereocenters. The van der Waals surface area contributed by atoms with Crippen LogP contribution in [0.25, 0.3) is 0 Å². The van der Waals surface area contributed by atoms with Gasteiger partial charge in [0.05, 0.1) is 10.5 Å². The van der Waals surface area contributed by atoms with Gasteiger partial charge >= 0.3 is 6.18 Å². The molecule has 0 aliphatic carbocycles. The summed E-state index contributed by atoms with van der Waals surface area (Å²) in [7, 11) is -4.27. The van der Waals surface area contributed by atoms with Crippen LogP contribution in [0, 0.1) is 5.41 Å². The second-order valence-corrected chi connectivity index (χ2v) is 9.63. The molecule has 0 aliphatic rings. The van der Waals surface area contributed by atoms with Gasteiger partial charge < -0.3 is 0 Å².